The maximum absolute atomic E-state index is 11.1. The van der Waals surface area contributed by atoms with Crippen molar-refractivity contribution in [2.75, 3.05) is 30.0 Å². The first kappa shape index (κ1) is 22.3. The Morgan fingerprint density at radius 2 is 2.00 bits per heavy atom. The zero-order valence-electron chi connectivity index (χ0n) is 18.7. The number of para-hydroxylation sites is 1. The van der Waals surface area contributed by atoms with Crippen LogP contribution in [0.25, 0.3) is 0 Å². The summed E-state index contributed by atoms with van der Waals surface area (Å²) in [4.78, 5) is 22.0. The number of hydrogen-bond acceptors (Lipinski definition) is 7. The first-order valence-electron chi connectivity index (χ1n) is 11.3. The Kier molecular flexibility index (Phi) is 6.15. The molecule has 2 unspecified atom stereocenters. The molecular weight excluding hydrogens is 456 g/mol. The van der Waals surface area contributed by atoms with Crippen LogP contribution in [0.4, 0.5) is 17.3 Å². The van der Waals surface area contributed by atoms with Crippen molar-refractivity contribution >= 4 is 34.9 Å². The fourth-order valence-electron chi connectivity index (χ4n) is 4.51. The molecule has 5 rings (SSSR count). The Hall–Kier alpha value is -3.52. The lowest BCUT2D eigenvalue weighted by Gasteiger charge is -2.24. The number of fused-ring (bicyclic) bond motifs is 2. The van der Waals surface area contributed by atoms with Crippen LogP contribution in [0.15, 0.2) is 48.8 Å². The van der Waals surface area contributed by atoms with Crippen LogP contribution >= 0.6 is 11.6 Å². The number of carboxylic acid groups (broad SMARTS) is 1. The van der Waals surface area contributed by atoms with E-state index in [1.807, 2.05) is 35.2 Å². The molecule has 2 aromatic carbocycles. The Labute approximate surface area is 202 Å². The summed E-state index contributed by atoms with van der Waals surface area (Å²) < 4.78 is 11.9. The molecule has 176 valence electrons. The lowest BCUT2D eigenvalue weighted by Crippen LogP contribution is -2.20. The smallest absolute Gasteiger partial charge is 0.304 e. The van der Waals surface area contributed by atoms with Crippen LogP contribution in [0, 0.1) is 0 Å². The normalized spacial score (nSPS) is 17.9. The molecule has 3 heterocycles. The lowest BCUT2D eigenvalue weighted by atomic mass is 9.97. The topological polar surface area (TPSA) is 96.8 Å². The molecule has 3 aromatic rings. The third kappa shape index (κ3) is 4.33. The van der Waals surface area contributed by atoms with Gasteiger partial charge < -0.3 is 24.8 Å². The summed E-state index contributed by atoms with van der Waals surface area (Å²) in [5.41, 5.74) is 3.81. The van der Waals surface area contributed by atoms with Crippen LogP contribution in [0.5, 0.6) is 11.5 Å². The number of aromatic nitrogens is 2. The van der Waals surface area contributed by atoms with E-state index in [9.17, 15) is 4.79 Å². The SMILES string of the molecule is CCCN(c1ncc(Cl)cn1)c1cccc2c1OCC2Nc1ccc2c(c1)OCC2CC(=O)O. The molecule has 9 heteroatoms. The van der Waals surface area contributed by atoms with Gasteiger partial charge in [-0.1, -0.05) is 36.7 Å². The number of carboxylic acids is 1. The number of benzene rings is 2. The summed E-state index contributed by atoms with van der Waals surface area (Å²) in [6.45, 7) is 3.71. The molecule has 2 N–H and O–H groups in total. The van der Waals surface area contributed by atoms with Gasteiger partial charge in [0.15, 0.2) is 0 Å². The van der Waals surface area contributed by atoms with Crippen molar-refractivity contribution in [1.29, 1.82) is 0 Å². The van der Waals surface area contributed by atoms with Crippen molar-refractivity contribution in [2.24, 2.45) is 0 Å². The third-order valence-electron chi connectivity index (χ3n) is 6.04. The molecule has 0 aliphatic carbocycles. The van der Waals surface area contributed by atoms with Gasteiger partial charge in [-0.25, -0.2) is 9.97 Å². The largest absolute Gasteiger partial charge is 0.493 e. The molecule has 0 fully saturated rings. The number of carbonyl (C=O) groups is 1. The molecule has 34 heavy (non-hydrogen) atoms. The molecule has 0 spiro atoms. The van der Waals surface area contributed by atoms with Crippen LogP contribution in [-0.2, 0) is 4.79 Å². The minimum Gasteiger partial charge on any atom is -0.493 e. The number of aliphatic carboxylic acids is 1. The highest BCUT2D eigenvalue weighted by Crippen LogP contribution is 2.44. The van der Waals surface area contributed by atoms with E-state index in [4.69, 9.17) is 26.2 Å². The molecular formula is C25H25ClN4O4. The van der Waals surface area contributed by atoms with Crippen molar-refractivity contribution in [3.63, 3.8) is 0 Å². The summed E-state index contributed by atoms with van der Waals surface area (Å²) in [6, 6.07) is 11.9. The van der Waals surface area contributed by atoms with E-state index in [-0.39, 0.29) is 18.4 Å². The molecule has 0 saturated carbocycles. The molecule has 2 atom stereocenters. The standard InChI is InChI=1S/C25H25ClN4O4/c1-2-8-30(25-27-11-16(26)12-28-25)21-5-3-4-19-20(14-34-24(19)21)29-17-6-7-18-15(9-23(31)32)13-33-22(18)10-17/h3-7,10-12,15,20,29H,2,8-9,13-14H2,1H3,(H,31,32). The predicted molar refractivity (Wildman–Crippen MR) is 130 cm³/mol. The van der Waals surface area contributed by atoms with Crippen molar-refractivity contribution in [3.8, 4) is 11.5 Å². The van der Waals surface area contributed by atoms with E-state index < -0.39 is 5.97 Å². The molecule has 2 aliphatic heterocycles. The van der Waals surface area contributed by atoms with E-state index in [0.717, 1.165) is 47.0 Å². The molecule has 8 nitrogen and oxygen atoms in total. The molecule has 2 aliphatic rings. The van der Waals surface area contributed by atoms with Crippen LogP contribution in [0.1, 0.15) is 42.9 Å². The molecule has 0 radical (unpaired) electrons. The molecule has 0 amide bonds. The number of anilines is 3. The van der Waals surface area contributed by atoms with Gasteiger partial charge in [-0.05, 0) is 18.6 Å². The van der Waals surface area contributed by atoms with Crippen molar-refractivity contribution in [3.05, 3.63) is 64.9 Å². The van der Waals surface area contributed by atoms with Gasteiger partial charge in [0.1, 0.15) is 18.1 Å². The van der Waals surface area contributed by atoms with Gasteiger partial charge in [0, 0.05) is 35.3 Å². The van der Waals surface area contributed by atoms with E-state index in [2.05, 4.69) is 28.3 Å². The first-order valence-corrected chi connectivity index (χ1v) is 11.7. The van der Waals surface area contributed by atoms with Gasteiger partial charge in [-0.15, -0.1) is 0 Å². The third-order valence-corrected chi connectivity index (χ3v) is 6.23. The van der Waals surface area contributed by atoms with Gasteiger partial charge in [-0.3, -0.25) is 4.79 Å². The van der Waals surface area contributed by atoms with Gasteiger partial charge in [0.25, 0.3) is 0 Å². The Balaban J connectivity index is 1.39. The van der Waals surface area contributed by atoms with Crippen LogP contribution in [0.3, 0.4) is 0 Å². The van der Waals surface area contributed by atoms with Gasteiger partial charge in [0.05, 0.1) is 42.2 Å². The predicted octanol–water partition coefficient (Wildman–Crippen LogP) is 5.17. The molecule has 0 saturated heterocycles. The second-order valence-electron chi connectivity index (χ2n) is 8.41. The molecule has 0 bridgehead atoms. The Morgan fingerprint density at radius 3 is 2.76 bits per heavy atom. The van der Waals surface area contributed by atoms with Crippen molar-refractivity contribution in [1.82, 2.24) is 9.97 Å². The van der Waals surface area contributed by atoms with E-state index >= 15 is 0 Å². The highest BCUT2D eigenvalue weighted by Gasteiger charge is 2.30. The number of hydrogen-bond donors (Lipinski definition) is 2. The summed E-state index contributed by atoms with van der Waals surface area (Å²) >= 11 is 5.98. The molecule has 1 aromatic heterocycles. The van der Waals surface area contributed by atoms with Gasteiger partial charge >= 0.3 is 5.97 Å². The van der Waals surface area contributed by atoms with Crippen LogP contribution in [0.2, 0.25) is 5.02 Å². The summed E-state index contributed by atoms with van der Waals surface area (Å²) in [5, 5.41) is 13.1. The zero-order chi connectivity index (χ0) is 23.7. The first-order chi connectivity index (χ1) is 16.5. The van der Waals surface area contributed by atoms with Gasteiger partial charge in [-0.2, -0.15) is 0 Å². The Bertz CT molecular complexity index is 1200. The number of nitrogens with one attached hydrogen (secondary N) is 1. The maximum Gasteiger partial charge on any atom is 0.304 e. The number of ether oxygens (including phenoxy) is 2. The highest BCUT2D eigenvalue weighted by atomic mass is 35.5. The van der Waals surface area contributed by atoms with E-state index in [1.54, 1.807) is 12.4 Å². The second kappa shape index (κ2) is 9.38. The summed E-state index contributed by atoms with van der Waals surface area (Å²) in [6.07, 6.45) is 4.17. The van der Waals surface area contributed by atoms with Crippen LogP contribution in [-0.4, -0.2) is 40.8 Å². The quantitative estimate of drug-likeness (QED) is 0.455. The van der Waals surface area contributed by atoms with Gasteiger partial charge in [0.2, 0.25) is 5.95 Å². The monoisotopic (exact) mass is 480 g/mol. The van der Waals surface area contributed by atoms with E-state index in [0.29, 0.717) is 24.2 Å². The number of nitrogens with zero attached hydrogens (tertiary/aromatic N) is 3. The minimum atomic E-state index is -0.819. The van der Waals surface area contributed by atoms with Crippen molar-refractivity contribution < 1.29 is 19.4 Å². The minimum absolute atomic E-state index is 0.0427. The second-order valence-corrected chi connectivity index (χ2v) is 8.85. The lowest BCUT2D eigenvalue weighted by molar-refractivity contribution is -0.137. The number of halogens is 1. The zero-order valence-corrected chi connectivity index (χ0v) is 19.5. The van der Waals surface area contributed by atoms with Crippen molar-refractivity contribution in [2.45, 2.75) is 31.7 Å². The average molecular weight is 481 g/mol. The van der Waals surface area contributed by atoms with E-state index in [1.165, 1.54) is 0 Å². The Morgan fingerprint density at radius 1 is 1.18 bits per heavy atom. The highest BCUT2D eigenvalue weighted by molar-refractivity contribution is 6.30. The number of rotatable bonds is 8. The summed E-state index contributed by atoms with van der Waals surface area (Å²) in [5.74, 6) is 1.19. The fraction of sp³-hybridized carbons (Fsp3) is 0.320. The average Bonchev–Trinajstić information content (AvgIpc) is 3.42. The summed E-state index contributed by atoms with van der Waals surface area (Å²) in [7, 11) is 0. The fourth-order valence-corrected chi connectivity index (χ4v) is 4.60. The van der Waals surface area contributed by atoms with Crippen LogP contribution < -0.4 is 19.7 Å². The maximum atomic E-state index is 11.1.